The maximum atomic E-state index is 11.8. The van der Waals surface area contributed by atoms with E-state index in [1.165, 1.54) is 0 Å². The lowest BCUT2D eigenvalue weighted by atomic mass is 9.95. The van der Waals surface area contributed by atoms with Gasteiger partial charge in [0.05, 0.1) is 25.2 Å². The van der Waals surface area contributed by atoms with Gasteiger partial charge in [0.25, 0.3) is 0 Å². The van der Waals surface area contributed by atoms with E-state index in [2.05, 4.69) is 5.32 Å². The number of morpholine rings is 1. The first-order chi connectivity index (χ1) is 8.78. The SMILES string of the molecule is COC1CCCC(OC(=O)CC2CNCCO2)C1. The van der Waals surface area contributed by atoms with Crippen LogP contribution in [0.4, 0.5) is 0 Å². The molecular formula is C13H23NO4. The molecule has 1 heterocycles. The van der Waals surface area contributed by atoms with Gasteiger partial charge in [-0.25, -0.2) is 0 Å². The number of hydrogen-bond donors (Lipinski definition) is 1. The maximum absolute atomic E-state index is 11.8. The number of nitrogens with one attached hydrogen (secondary N) is 1. The largest absolute Gasteiger partial charge is 0.462 e. The molecule has 3 atom stereocenters. The molecule has 0 bridgehead atoms. The van der Waals surface area contributed by atoms with Gasteiger partial charge in [0, 0.05) is 26.6 Å². The molecule has 0 aromatic rings. The Balaban J connectivity index is 1.69. The van der Waals surface area contributed by atoms with Gasteiger partial charge < -0.3 is 19.5 Å². The van der Waals surface area contributed by atoms with Crippen LogP contribution < -0.4 is 5.32 Å². The van der Waals surface area contributed by atoms with Crippen LogP contribution in [0.2, 0.25) is 0 Å². The fourth-order valence-electron chi connectivity index (χ4n) is 2.59. The Morgan fingerprint density at radius 2 is 2.22 bits per heavy atom. The van der Waals surface area contributed by atoms with Gasteiger partial charge in [-0.05, 0) is 19.3 Å². The van der Waals surface area contributed by atoms with Gasteiger partial charge in [-0.2, -0.15) is 0 Å². The van der Waals surface area contributed by atoms with Crippen LogP contribution in [0.3, 0.4) is 0 Å². The molecule has 5 nitrogen and oxygen atoms in total. The molecule has 3 unspecified atom stereocenters. The van der Waals surface area contributed by atoms with E-state index in [4.69, 9.17) is 14.2 Å². The smallest absolute Gasteiger partial charge is 0.308 e. The van der Waals surface area contributed by atoms with E-state index in [-0.39, 0.29) is 24.3 Å². The van der Waals surface area contributed by atoms with E-state index in [0.717, 1.165) is 38.8 Å². The van der Waals surface area contributed by atoms with Crippen molar-refractivity contribution in [1.29, 1.82) is 0 Å². The summed E-state index contributed by atoms with van der Waals surface area (Å²) in [6.45, 7) is 2.28. The lowest BCUT2D eigenvalue weighted by molar-refractivity contribution is -0.156. The second kappa shape index (κ2) is 7.07. The minimum Gasteiger partial charge on any atom is -0.462 e. The number of carbonyl (C=O) groups is 1. The summed E-state index contributed by atoms with van der Waals surface area (Å²) in [6, 6.07) is 0. The molecule has 0 radical (unpaired) electrons. The summed E-state index contributed by atoms with van der Waals surface area (Å²) < 4.78 is 16.3. The zero-order valence-corrected chi connectivity index (χ0v) is 11.0. The van der Waals surface area contributed by atoms with E-state index in [1.54, 1.807) is 7.11 Å². The highest BCUT2D eigenvalue weighted by Gasteiger charge is 2.26. The Morgan fingerprint density at radius 1 is 1.39 bits per heavy atom. The molecule has 104 valence electrons. The van der Waals surface area contributed by atoms with Gasteiger partial charge >= 0.3 is 5.97 Å². The molecule has 2 fully saturated rings. The third-order valence-corrected chi connectivity index (χ3v) is 3.61. The molecule has 1 N–H and O–H groups in total. The van der Waals surface area contributed by atoms with Gasteiger partial charge in [0.1, 0.15) is 6.10 Å². The van der Waals surface area contributed by atoms with E-state index in [9.17, 15) is 4.79 Å². The predicted molar refractivity (Wildman–Crippen MR) is 66.4 cm³/mol. The number of rotatable bonds is 4. The molecule has 1 saturated carbocycles. The molecular weight excluding hydrogens is 234 g/mol. The first-order valence-electron chi connectivity index (χ1n) is 6.82. The summed E-state index contributed by atoms with van der Waals surface area (Å²) in [5.74, 6) is -0.148. The maximum Gasteiger partial charge on any atom is 0.308 e. The number of methoxy groups -OCH3 is 1. The summed E-state index contributed by atoms with van der Waals surface area (Å²) in [4.78, 5) is 11.8. The highest BCUT2D eigenvalue weighted by molar-refractivity contribution is 5.70. The first-order valence-corrected chi connectivity index (χ1v) is 6.82. The predicted octanol–water partition coefficient (Wildman–Crippen LogP) is 0.866. The van der Waals surface area contributed by atoms with Crippen molar-refractivity contribution in [3.8, 4) is 0 Å². The van der Waals surface area contributed by atoms with Gasteiger partial charge in [0.2, 0.25) is 0 Å². The normalized spacial score (nSPS) is 33.1. The van der Waals surface area contributed by atoms with E-state index in [0.29, 0.717) is 13.0 Å². The van der Waals surface area contributed by atoms with Crippen LogP contribution in [0.15, 0.2) is 0 Å². The molecule has 0 spiro atoms. The molecule has 1 aliphatic heterocycles. The van der Waals surface area contributed by atoms with E-state index < -0.39 is 0 Å². The van der Waals surface area contributed by atoms with E-state index in [1.807, 2.05) is 0 Å². The molecule has 2 rings (SSSR count). The van der Waals surface area contributed by atoms with Crippen LogP contribution in [-0.4, -0.2) is 51.1 Å². The third-order valence-electron chi connectivity index (χ3n) is 3.61. The number of esters is 1. The summed E-state index contributed by atoms with van der Waals surface area (Å²) in [5.41, 5.74) is 0. The van der Waals surface area contributed by atoms with Crippen LogP contribution >= 0.6 is 0 Å². The standard InChI is InChI=1S/C13H23NO4/c1-16-10-3-2-4-11(7-10)18-13(15)8-12-9-14-5-6-17-12/h10-12,14H,2-9H2,1H3. The Morgan fingerprint density at radius 3 is 2.94 bits per heavy atom. The van der Waals surface area contributed by atoms with Crippen molar-refractivity contribution in [1.82, 2.24) is 5.32 Å². The van der Waals surface area contributed by atoms with Crippen LogP contribution in [0.1, 0.15) is 32.1 Å². The molecule has 5 heteroatoms. The molecule has 18 heavy (non-hydrogen) atoms. The van der Waals surface area contributed by atoms with Crippen LogP contribution in [0, 0.1) is 0 Å². The molecule has 1 saturated heterocycles. The zero-order valence-electron chi connectivity index (χ0n) is 11.0. The van der Waals surface area contributed by atoms with E-state index >= 15 is 0 Å². The monoisotopic (exact) mass is 257 g/mol. The summed E-state index contributed by atoms with van der Waals surface area (Å²) in [5, 5.41) is 3.21. The van der Waals surface area contributed by atoms with Crippen molar-refractivity contribution < 1.29 is 19.0 Å². The molecule has 1 aliphatic carbocycles. The van der Waals surface area contributed by atoms with Crippen LogP contribution in [-0.2, 0) is 19.0 Å². The summed E-state index contributed by atoms with van der Waals surface area (Å²) in [6.07, 6.45) is 4.49. The molecule has 0 amide bonds. The van der Waals surface area contributed by atoms with Crippen molar-refractivity contribution >= 4 is 5.97 Å². The van der Waals surface area contributed by atoms with Crippen molar-refractivity contribution in [2.45, 2.75) is 50.4 Å². The first kappa shape index (κ1) is 13.8. The Kier molecular flexibility index (Phi) is 5.41. The Bertz CT molecular complexity index is 266. The minimum absolute atomic E-state index is 0.0211. The lowest BCUT2D eigenvalue weighted by Crippen LogP contribution is -2.40. The van der Waals surface area contributed by atoms with Crippen molar-refractivity contribution in [2.75, 3.05) is 26.8 Å². The third kappa shape index (κ3) is 4.23. The molecule has 0 aromatic heterocycles. The van der Waals surface area contributed by atoms with Gasteiger partial charge in [0.15, 0.2) is 0 Å². The number of ether oxygens (including phenoxy) is 3. The quantitative estimate of drug-likeness (QED) is 0.757. The average Bonchev–Trinajstić information content (AvgIpc) is 2.40. The highest BCUT2D eigenvalue weighted by Crippen LogP contribution is 2.23. The summed E-state index contributed by atoms with van der Waals surface area (Å²) >= 11 is 0. The fraction of sp³-hybridized carbons (Fsp3) is 0.923. The van der Waals surface area contributed by atoms with Crippen molar-refractivity contribution in [3.63, 3.8) is 0 Å². The Labute approximate surface area is 108 Å². The van der Waals surface area contributed by atoms with Crippen LogP contribution in [0.5, 0.6) is 0 Å². The lowest BCUT2D eigenvalue weighted by Gasteiger charge is -2.29. The van der Waals surface area contributed by atoms with Crippen molar-refractivity contribution in [3.05, 3.63) is 0 Å². The summed E-state index contributed by atoms with van der Waals surface area (Å²) in [7, 11) is 1.72. The highest BCUT2D eigenvalue weighted by atomic mass is 16.6. The number of hydrogen-bond acceptors (Lipinski definition) is 5. The van der Waals surface area contributed by atoms with Gasteiger partial charge in [-0.1, -0.05) is 0 Å². The van der Waals surface area contributed by atoms with Gasteiger partial charge in [-0.3, -0.25) is 4.79 Å². The topological polar surface area (TPSA) is 56.8 Å². The van der Waals surface area contributed by atoms with Crippen LogP contribution in [0.25, 0.3) is 0 Å². The van der Waals surface area contributed by atoms with Gasteiger partial charge in [-0.15, -0.1) is 0 Å². The molecule has 0 aromatic carbocycles. The average molecular weight is 257 g/mol. The minimum atomic E-state index is -0.148. The Hall–Kier alpha value is -0.650. The zero-order chi connectivity index (χ0) is 12.8. The number of carbonyl (C=O) groups excluding carboxylic acids is 1. The fourth-order valence-corrected chi connectivity index (χ4v) is 2.59. The molecule has 2 aliphatic rings. The second-order valence-electron chi connectivity index (χ2n) is 5.04. The van der Waals surface area contributed by atoms with Crippen molar-refractivity contribution in [2.24, 2.45) is 0 Å². The second-order valence-corrected chi connectivity index (χ2v) is 5.04.